The molecule has 5 rings (SSSR count). The Morgan fingerprint density at radius 2 is 2.10 bits per heavy atom. The summed E-state index contributed by atoms with van der Waals surface area (Å²) in [5, 5.41) is 4.70. The Balaban J connectivity index is 1.37. The lowest BCUT2D eigenvalue weighted by Crippen LogP contribution is -2.28. The van der Waals surface area contributed by atoms with Crippen LogP contribution in [0.5, 0.6) is 0 Å². The van der Waals surface area contributed by atoms with Gasteiger partial charge in [-0.05, 0) is 44.5 Å². The Kier molecular flexibility index (Phi) is 4.16. The summed E-state index contributed by atoms with van der Waals surface area (Å²) in [5.41, 5.74) is 3.52. The standard InChI is InChI=1S/C22H21N5O2/c1-14-10-19(15(2)29-14)22(28)26-9-7-18(12-26)21-24-20-6-5-17(13-27(20)25-21)16-4-3-8-23-11-16/h3-6,8,10-11,13,18H,7,9,12H2,1-2H3/t18-/m1/s1. The average Bonchev–Trinajstić information content (AvgIpc) is 3.45. The molecule has 4 aromatic heterocycles. The van der Waals surface area contributed by atoms with E-state index in [0.29, 0.717) is 24.4 Å². The number of carbonyl (C=O) groups excluding carboxylic acids is 1. The smallest absolute Gasteiger partial charge is 0.257 e. The Labute approximate surface area is 168 Å². The van der Waals surface area contributed by atoms with Crippen LogP contribution in [0.4, 0.5) is 0 Å². The van der Waals surface area contributed by atoms with E-state index in [1.807, 2.05) is 66.0 Å². The normalized spacial score (nSPS) is 16.6. The van der Waals surface area contributed by atoms with Crippen molar-refractivity contribution < 1.29 is 9.21 Å². The predicted molar refractivity (Wildman–Crippen MR) is 108 cm³/mol. The molecule has 1 amide bonds. The number of hydrogen-bond donors (Lipinski definition) is 0. The molecule has 0 unspecified atom stereocenters. The van der Waals surface area contributed by atoms with Crippen molar-refractivity contribution in [1.29, 1.82) is 0 Å². The topological polar surface area (TPSA) is 76.5 Å². The molecule has 1 aliphatic heterocycles. The number of furan rings is 1. The van der Waals surface area contributed by atoms with Crippen LogP contribution in [0.3, 0.4) is 0 Å². The van der Waals surface area contributed by atoms with Gasteiger partial charge in [0.15, 0.2) is 11.5 Å². The maximum Gasteiger partial charge on any atom is 0.257 e. The van der Waals surface area contributed by atoms with Gasteiger partial charge in [-0.2, -0.15) is 5.10 Å². The van der Waals surface area contributed by atoms with Crippen LogP contribution in [0.1, 0.15) is 40.0 Å². The van der Waals surface area contributed by atoms with Gasteiger partial charge in [0, 0.05) is 48.7 Å². The zero-order valence-corrected chi connectivity index (χ0v) is 16.4. The first-order valence-corrected chi connectivity index (χ1v) is 9.71. The average molecular weight is 387 g/mol. The molecule has 7 nitrogen and oxygen atoms in total. The fourth-order valence-corrected chi connectivity index (χ4v) is 3.95. The Morgan fingerprint density at radius 1 is 1.21 bits per heavy atom. The van der Waals surface area contributed by atoms with Crippen LogP contribution in [0.25, 0.3) is 16.8 Å². The number of likely N-dealkylation sites (tertiary alicyclic amines) is 1. The largest absolute Gasteiger partial charge is 0.466 e. The van der Waals surface area contributed by atoms with Crippen LogP contribution < -0.4 is 0 Å². The van der Waals surface area contributed by atoms with Crippen LogP contribution in [0, 0.1) is 13.8 Å². The third-order valence-electron chi connectivity index (χ3n) is 5.45. The third kappa shape index (κ3) is 3.18. The van der Waals surface area contributed by atoms with Crippen LogP contribution in [0.2, 0.25) is 0 Å². The van der Waals surface area contributed by atoms with Crippen molar-refractivity contribution in [2.24, 2.45) is 0 Å². The molecule has 146 valence electrons. The highest BCUT2D eigenvalue weighted by Crippen LogP contribution is 2.28. The fourth-order valence-electron chi connectivity index (χ4n) is 3.95. The molecule has 0 saturated carbocycles. The van der Waals surface area contributed by atoms with Crippen molar-refractivity contribution in [3.8, 4) is 11.1 Å². The number of carbonyl (C=O) groups is 1. The van der Waals surface area contributed by atoms with E-state index in [4.69, 9.17) is 14.5 Å². The molecular weight excluding hydrogens is 366 g/mol. The lowest BCUT2D eigenvalue weighted by Gasteiger charge is -2.15. The molecule has 1 aliphatic rings. The molecule has 5 heterocycles. The van der Waals surface area contributed by atoms with Crippen LogP contribution in [0.15, 0.2) is 53.3 Å². The first-order chi connectivity index (χ1) is 14.1. The lowest BCUT2D eigenvalue weighted by atomic mass is 10.1. The third-order valence-corrected chi connectivity index (χ3v) is 5.45. The summed E-state index contributed by atoms with van der Waals surface area (Å²) in [7, 11) is 0. The highest BCUT2D eigenvalue weighted by molar-refractivity contribution is 5.95. The van der Waals surface area contributed by atoms with Gasteiger partial charge < -0.3 is 9.32 Å². The number of pyridine rings is 2. The fraction of sp³-hybridized carbons (Fsp3) is 0.273. The van der Waals surface area contributed by atoms with Gasteiger partial charge in [-0.1, -0.05) is 6.07 Å². The molecule has 7 heteroatoms. The Hall–Kier alpha value is -3.48. The van der Waals surface area contributed by atoms with E-state index in [-0.39, 0.29) is 11.8 Å². The molecular formula is C22H21N5O2. The molecule has 0 aromatic carbocycles. The number of nitrogens with zero attached hydrogens (tertiary/aromatic N) is 5. The Bertz CT molecular complexity index is 1190. The predicted octanol–water partition coefficient (Wildman–Crippen LogP) is 3.63. The van der Waals surface area contributed by atoms with Crippen molar-refractivity contribution in [3.05, 3.63) is 71.8 Å². The van der Waals surface area contributed by atoms with Crippen LogP contribution >= 0.6 is 0 Å². The SMILES string of the molecule is Cc1cc(C(=O)N2CC[C@@H](c3nc4ccc(-c5cccnc5)cn4n3)C2)c(C)o1. The van der Waals surface area contributed by atoms with Crippen molar-refractivity contribution in [3.63, 3.8) is 0 Å². The molecule has 4 aromatic rings. The van der Waals surface area contributed by atoms with Crippen molar-refractivity contribution in [1.82, 2.24) is 24.5 Å². The van der Waals surface area contributed by atoms with E-state index in [2.05, 4.69) is 4.98 Å². The van der Waals surface area contributed by atoms with Gasteiger partial charge in [-0.15, -0.1) is 0 Å². The number of hydrogen-bond acceptors (Lipinski definition) is 5. The summed E-state index contributed by atoms with van der Waals surface area (Å²) >= 11 is 0. The highest BCUT2D eigenvalue weighted by atomic mass is 16.3. The van der Waals surface area contributed by atoms with E-state index in [1.165, 1.54) is 0 Å². The summed E-state index contributed by atoms with van der Waals surface area (Å²) in [6.45, 7) is 5.01. The van der Waals surface area contributed by atoms with Crippen molar-refractivity contribution in [2.75, 3.05) is 13.1 Å². The number of amides is 1. The maximum absolute atomic E-state index is 12.8. The monoisotopic (exact) mass is 387 g/mol. The van der Waals surface area contributed by atoms with E-state index in [0.717, 1.165) is 34.8 Å². The minimum atomic E-state index is 0.0180. The first-order valence-electron chi connectivity index (χ1n) is 9.71. The van der Waals surface area contributed by atoms with Gasteiger partial charge in [0.2, 0.25) is 0 Å². The zero-order valence-electron chi connectivity index (χ0n) is 16.4. The van der Waals surface area contributed by atoms with Gasteiger partial charge in [0.1, 0.15) is 11.5 Å². The van der Waals surface area contributed by atoms with Crippen molar-refractivity contribution >= 4 is 11.6 Å². The molecule has 1 fully saturated rings. The summed E-state index contributed by atoms with van der Waals surface area (Å²) < 4.78 is 7.33. The second kappa shape index (κ2) is 6.84. The van der Waals surface area contributed by atoms with E-state index in [1.54, 1.807) is 6.20 Å². The molecule has 0 aliphatic carbocycles. The number of rotatable bonds is 3. The maximum atomic E-state index is 12.8. The van der Waals surface area contributed by atoms with E-state index < -0.39 is 0 Å². The van der Waals surface area contributed by atoms with Gasteiger partial charge in [-0.3, -0.25) is 9.78 Å². The van der Waals surface area contributed by atoms with Gasteiger partial charge in [0.25, 0.3) is 5.91 Å². The highest BCUT2D eigenvalue weighted by Gasteiger charge is 2.31. The van der Waals surface area contributed by atoms with Gasteiger partial charge in [-0.25, -0.2) is 9.50 Å². The zero-order chi connectivity index (χ0) is 20.0. The van der Waals surface area contributed by atoms with Gasteiger partial charge in [0.05, 0.1) is 5.56 Å². The van der Waals surface area contributed by atoms with Gasteiger partial charge >= 0.3 is 0 Å². The van der Waals surface area contributed by atoms with Crippen molar-refractivity contribution in [2.45, 2.75) is 26.2 Å². The number of aryl methyl sites for hydroxylation is 2. The molecule has 0 radical (unpaired) electrons. The number of aromatic nitrogens is 4. The molecule has 0 spiro atoms. The molecule has 1 atom stereocenters. The summed E-state index contributed by atoms with van der Waals surface area (Å²) in [6.07, 6.45) is 6.42. The minimum absolute atomic E-state index is 0.0180. The second-order valence-electron chi connectivity index (χ2n) is 7.50. The van der Waals surface area contributed by atoms with E-state index >= 15 is 0 Å². The van der Waals surface area contributed by atoms with Crippen LogP contribution in [-0.4, -0.2) is 43.5 Å². The minimum Gasteiger partial charge on any atom is -0.466 e. The lowest BCUT2D eigenvalue weighted by molar-refractivity contribution is 0.0789. The second-order valence-corrected chi connectivity index (χ2v) is 7.50. The molecule has 29 heavy (non-hydrogen) atoms. The quantitative estimate of drug-likeness (QED) is 0.536. The summed E-state index contributed by atoms with van der Waals surface area (Å²) in [5.74, 6) is 2.36. The molecule has 1 saturated heterocycles. The first kappa shape index (κ1) is 17.6. The molecule has 0 N–H and O–H groups in total. The Morgan fingerprint density at radius 3 is 2.86 bits per heavy atom. The van der Waals surface area contributed by atoms with Crippen LogP contribution in [-0.2, 0) is 0 Å². The number of fused-ring (bicyclic) bond motifs is 1. The van der Waals surface area contributed by atoms with E-state index in [9.17, 15) is 4.79 Å². The summed E-state index contributed by atoms with van der Waals surface area (Å²) in [4.78, 5) is 23.6. The summed E-state index contributed by atoms with van der Waals surface area (Å²) in [6, 6.07) is 9.74. The molecule has 0 bridgehead atoms.